The van der Waals surface area contributed by atoms with Crippen molar-refractivity contribution >= 4 is 10.9 Å². The first-order valence-electron chi connectivity index (χ1n) is 24.2. The van der Waals surface area contributed by atoms with E-state index in [1.54, 1.807) is 0 Å². The van der Waals surface area contributed by atoms with E-state index >= 15 is 0 Å². The van der Waals surface area contributed by atoms with E-state index < -0.39 is 5.41 Å². The van der Waals surface area contributed by atoms with E-state index in [9.17, 15) is 0 Å². The summed E-state index contributed by atoms with van der Waals surface area (Å²) in [7, 11) is 0. The van der Waals surface area contributed by atoms with E-state index in [-0.39, 0.29) is 20.1 Å². The predicted octanol–water partition coefficient (Wildman–Crippen LogP) is 17.3. The molecule has 0 aliphatic heterocycles. The number of unbranched alkanes of at least 4 members (excludes halogenated alkanes) is 6. The number of hydrogen-bond donors (Lipinski definition) is 0. The third-order valence-electron chi connectivity index (χ3n) is 14.4. The number of pyridine rings is 1. The van der Waals surface area contributed by atoms with E-state index in [1.165, 1.54) is 140 Å². The van der Waals surface area contributed by atoms with Crippen molar-refractivity contribution in [3.63, 3.8) is 0 Å². The molecule has 8 aromatic carbocycles. The second-order valence-electron chi connectivity index (χ2n) is 18.5. The SMILES string of the molecule is CCCCCCc1ccc(-c2ccc3c(c2)C2(c4ccccc4-c4c[c-]c(-c5ccc6ccc(-c7ccccc7)cc6n5)cc42)c2cc(-c4ccc(CCCCCC)cc4)ccc2-3)cc1.[Ir]. The van der Waals surface area contributed by atoms with Crippen LogP contribution in [0.5, 0.6) is 0 Å². The average molecular weight is 1030 g/mol. The molecule has 1 heterocycles. The molecule has 0 unspecified atom stereocenters. The fourth-order valence-corrected chi connectivity index (χ4v) is 10.9. The Hall–Kier alpha value is -6.18. The zero-order chi connectivity index (χ0) is 43.7. The van der Waals surface area contributed by atoms with Crippen molar-refractivity contribution in [3.05, 3.63) is 221 Å². The second-order valence-corrected chi connectivity index (χ2v) is 18.5. The first-order chi connectivity index (χ1) is 32.1. The minimum atomic E-state index is -0.539. The molecule has 66 heavy (non-hydrogen) atoms. The number of rotatable bonds is 14. The fourth-order valence-electron chi connectivity index (χ4n) is 10.9. The molecule has 1 aromatic heterocycles. The van der Waals surface area contributed by atoms with Gasteiger partial charge in [0, 0.05) is 20.1 Å². The molecule has 0 saturated heterocycles. The van der Waals surface area contributed by atoms with Gasteiger partial charge in [0.1, 0.15) is 0 Å². The molecule has 9 aromatic rings. The van der Waals surface area contributed by atoms with E-state index in [4.69, 9.17) is 4.98 Å². The summed E-state index contributed by atoms with van der Waals surface area (Å²) < 4.78 is 0. The van der Waals surface area contributed by atoms with Crippen molar-refractivity contribution in [2.75, 3.05) is 0 Å². The van der Waals surface area contributed by atoms with Crippen LogP contribution >= 0.6 is 0 Å². The number of benzene rings is 8. The van der Waals surface area contributed by atoms with Crippen LogP contribution in [-0.2, 0) is 38.4 Å². The zero-order valence-electron chi connectivity index (χ0n) is 38.2. The molecule has 1 radical (unpaired) electrons. The Labute approximate surface area is 405 Å². The quantitative estimate of drug-likeness (QED) is 0.0781. The average Bonchev–Trinajstić information content (AvgIpc) is 3.83. The molecule has 2 aliphatic rings. The van der Waals surface area contributed by atoms with Gasteiger partial charge in [-0.1, -0.05) is 215 Å². The van der Waals surface area contributed by atoms with Crippen molar-refractivity contribution in [2.45, 2.75) is 83.5 Å². The van der Waals surface area contributed by atoms with Crippen LogP contribution in [0.25, 0.3) is 77.8 Å². The third kappa shape index (κ3) is 7.89. The molecule has 1 spiro atoms. The molecule has 327 valence electrons. The Morgan fingerprint density at radius 2 is 0.909 bits per heavy atom. The van der Waals surface area contributed by atoms with Crippen molar-refractivity contribution in [1.29, 1.82) is 0 Å². The van der Waals surface area contributed by atoms with Gasteiger partial charge in [-0.05, 0) is 127 Å². The topological polar surface area (TPSA) is 12.9 Å². The zero-order valence-corrected chi connectivity index (χ0v) is 40.6. The summed E-state index contributed by atoms with van der Waals surface area (Å²) in [6.07, 6.45) is 12.5. The summed E-state index contributed by atoms with van der Waals surface area (Å²) in [6, 6.07) is 72.4. The minimum absolute atomic E-state index is 0. The minimum Gasteiger partial charge on any atom is -0.296 e. The number of aromatic nitrogens is 1. The maximum Gasteiger partial charge on any atom is 0.0601 e. The van der Waals surface area contributed by atoms with Gasteiger partial charge < -0.3 is 0 Å². The van der Waals surface area contributed by atoms with Crippen LogP contribution in [-0.4, -0.2) is 4.98 Å². The Morgan fingerprint density at radius 3 is 1.53 bits per heavy atom. The van der Waals surface area contributed by atoms with Crippen LogP contribution in [0.15, 0.2) is 182 Å². The molecule has 0 amide bonds. The van der Waals surface area contributed by atoms with Crippen LogP contribution in [0, 0.1) is 6.07 Å². The maximum atomic E-state index is 5.36. The van der Waals surface area contributed by atoms with Crippen LogP contribution in [0.1, 0.15) is 98.6 Å². The van der Waals surface area contributed by atoms with Crippen molar-refractivity contribution in [3.8, 4) is 66.9 Å². The molecule has 0 atom stereocenters. The summed E-state index contributed by atoms with van der Waals surface area (Å²) >= 11 is 0. The molecule has 0 fully saturated rings. The molecular weight excluding hydrogens is 975 g/mol. The maximum absolute atomic E-state index is 5.36. The Morgan fingerprint density at radius 1 is 0.409 bits per heavy atom. The molecule has 0 bridgehead atoms. The Bertz CT molecular complexity index is 3060. The molecule has 0 N–H and O–H groups in total. The smallest absolute Gasteiger partial charge is 0.0601 e. The first kappa shape index (κ1) is 43.7. The van der Waals surface area contributed by atoms with Crippen molar-refractivity contribution in [1.82, 2.24) is 4.98 Å². The fraction of sp³-hybridized carbons (Fsp3) is 0.203. The number of fused-ring (bicyclic) bond motifs is 11. The monoisotopic (exact) mass is 1030 g/mol. The van der Waals surface area contributed by atoms with E-state index in [1.807, 2.05) is 0 Å². The standard InChI is InChI=1S/C64H56N.Ir/c1-3-5-7-10-16-44-22-26-47(27-23-44)50-32-36-56-57-37-33-51(48-28-24-45(25-29-48)17-11-8-6-4-2)41-60(57)64(59(56)40-50)58-21-15-14-20-54(58)55-38-34-53(42-61(55)64)62-39-35-49-30-31-52(43-63(49)65-62)46-18-12-9-13-19-46;/h9,12-15,18-33,35-43H,3-8,10-11,16-17H2,1-2H3;/q-1;. The van der Waals surface area contributed by atoms with Crippen molar-refractivity contribution in [2.24, 2.45) is 0 Å². The van der Waals surface area contributed by atoms with Crippen LogP contribution in [0.4, 0.5) is 0 Å². The summed E-state index contributed by atoms with van der Waals surface area (Å²) in [6.45, 7) is 4.57. The summed E-state index contributed by atoms with van der Waals surface area (Å²) in [5, 5.41) is 1.13. The van der Waals surface area contributed by atoms with E-state index in [2.05, 4.69) is 202 Å². The van der Waals surface area contributed by atoms with Gasteiger partial charge in [0.2, 0.25) is 0 Å². The third-order valence-corrected chi connectivity index (χ3v) is 14.4. The molecule has 2 heteroatoms. The van der Waals surface area contributed by atoms with Crippen molar-refractivity contribution < 1.29 is 20.1 Å². The van der Waals surface area contributed by atoms with E-state index in [0.29, 0.717) is 0 Å². The normalized spacial score (nSPS) is 12.7. The summed E-state index contributed by atoms with van der Waals surface area (Å²) in [4.78, 5) is 5.36. The summed E-state index contributed by atoms with van der Waals surface area (Å²) in [5.74, 6) is 0. The number of nitrogens with zero attached hydrogens (tertiary/aromatic N) is 1. The van der Waals surface area contributed by atoms with Gasteiger partial charge in [-0.15, -0.1) is 29.3 Å². The van der Waals surface area contributed by atoms with Crippen LogP contribution < -0.4 is 0 Å². The molecular formula is C64H56IrN-. The van der Waals surface area contributed by atoms with Gasteiger partial charge >= 0.3 is 0 Å². The number of hydrogen-bond acceptors (Lipinski definition) is 1. The molecule has 0 saturated carbocycles. The largest absolute Gasteiger partial charge is 0.296 e. The Kier molecular flexibility index (Phi) is 12.6. The molecule has 2 aliphatic carbocycles. The summed E-state index contributed by atoms with van der Waals surface area (Å²) in [5.41, 5.74) is 23.1. The van der Waals surface area contributed by atoms with Crippen LogP contribution in [0.3, 0.4) is 0 Å². The molecule has 11 rings (SSSR count). The van der Waals surface area contributed by atoms with Gasteiger partial charge in [0.15, 0.2) is 0 Å². The number of aryl methyl sites for hydroxylation is 2. The van der Waals surface area contributed by atoms with Gasteiger partial charge in [-0.2, -0.15) is 0 Å². The second kappa shape index (κ2) is 19.0. The van der Waals surface area contributed by atoms with Gasteiger partial charge in [-0.25, -0.2) is 0 Å². The van der Waals surface area contributed by atoms with Gasteiger partial charge in [0.25, 0.3) is 0 Å². The van der Waals surface area contributed by atoms with Gasteiger partial charge in [-0.3, -0.25) is 4.98 Å². The van der Waals surface area contributed by atoms with E-state index in [0.717, 1.165) is 35.0 Å². The predicted molar refractivity (Wildman–Crippen MR) is 274 cm³/mol. The Balaban J connectivity index is 0.00000511. The van der Waals surface area contributed by atoms with Gasteiger partial charge in [0.05, 0.1) is 10.9 Å². The van der Waals surface area contributed by atoms with Crippen LogP contribution in [0.2, 0.25) is 0 Å². The molecule has 1 nitrogen and oxygen atoms in total. The first-order valence-corrected chi connectivity index (χ1v) is 24.2.